The minimum Gasteiger partial charge on any atom is -0.493 e. The van der Waals surface area contributed by atoms with E-state index in [1.807, 2.05) is 25.1 Å². The maximum Gasteiger partial charge on any atom is 0.161 e. The van der Waals surface area contributed by atoms with Crippen LogP contribution in [-0.4, -0.2) is 19.9 Å². The number of methoxy groups -OCH3 is 2. The summed E-state index contributed by atoms with van der Waals surface area (Å²) in [6, 6.07) is 8.10. The minimum absolute atomic E-state index is 0.676. The second-order valence-corrected chi connectivity index (χ2v) is 6.85. The molecule has 0 fully saturated rings. The van der Waals surface area contributed by atoms with Crippen molar-refractivity contribution in [2.45, 2.75) is 32.6 Å². The third-order valence-corrected chi connectivity index (χ3v) is 5.52. The normalized spacial score (nSPS) is 14.0. The molecule has 1 aromatic carbocycles. The zero-order chi connectivity index (χ0) is 17.1. The molecule has 0 aliphatic heterocycles. The van der Waals surface area contributed by atoms with E-state index in [1.165, 1.54) is 16.9 Å². The Kier molecular flexibility index (Phi) is 4.86. The second-order valence-electron chi connectivity index (χ2n) is 5.77. The van der Waals surface area contributed by atoms with Crippen molar-refractivity contribution in [3.8, 4) is 17.6 Å². The molecular formula is C19H20N2O2S. The van der Waals surface area contributed by atoms with E-state index in [-0.39, 0.29) is 0 Å². The van der Waals surface area contributed by atoms with Gasteiger partial charge in [-0.1, -0.05) is 0 Å². The second kappa shape index (κ2) is 7.06. The summed E-state index contributed by atoms with van der Waals surface area (Å²) in [5, 5.41) is 10.4. The Morgan fingerprint density at radius 3 is 2.62 bits per heavy atom. The molecule has 0 amide bonds. The first-order chi connectivity index (χ1) is 11.7. The Morgan fingerprint density at radius 1 is 1.17 bits per heavy atom. The number of fused-ring (bicyclic) bond motifs is 1. The smallest absolute Gasteiger partial charge is 0.161 e. The lowest BCUT2D eigenvalue weighted by atomic mass is 9.96. The SMILES string of the molecule is COc1ccc(C(C)=Nc2sc3c(c2C#N)CCCC3)cc1OC. The van der Waals surface area contributed by atoms with Crippen LogP contribution in [0.5, 0.6) is 11.5 Å². The lowest BCUT2D eigenvalue weighted by Gasteiger charge is -2.09. The molecule has 0 bridgehead atoms. The molecule has 1 aliphatic rings. The summed E-state index contributed by atoms with van der Waals surface area (Å²) in [6.45, 7) is 1.96. The zero-order valence-corrected chi connectivity index (χ0v) is 15.0. The number of ether oxygens (including phenoxy) is 2. The van der Waals surface area contributed by atoms with E-state index >= 15 is 0 Å². The highest BCUT2D eigenvalue weighted by Gasteiger charge is 2.20. The number of nitriles is 1. The molecule has 0 N–H and O–H groups in total. The van der Waals surface area contributed by atoms with Gasteiger partial charge in [-0.15, -0.1) is 11.3 Å². The van der Waals surface area contributed by atoms with Crippen molar-refractivity contribution in [3.05, 3.63) is 39.8 Å². The van der Waals surface area contributed by atoms with Crippen LogP contribution in [0.4, 0.5) is 5.00 Å². The van der Waals surface area contributed by atoms with Crippen LogP contribution in [0.15, 0.2) is 23.2 Å². The van der Waals surface area contributed by atoms with Crippen LogP contribution in [-0.2, 0) is 12.8 Å². The molecule has 0 saturated carbocycles. The van der Waals surface area contributed by atoms with Crippen LogP contribution in [0, 0.1) is 11.3 Å². The molecule has 24 heavy (non-hydrogen) atoms. The summed E-state index contributed by atoms with van der Waals surface area (Å²) in [6.07, 6.45) is 4.44. The van der Waals surface area contributed by atoms with Crippen LogP contribution in [0.1, 0.15) is 41.3 Å². The van der Waals surface area contributed by atoms with E-state index in [9.17, 15) is 5.26 Å². The summed E-state index contributed by atoms with van der Waals surface area (Å²) in [5.74, 6) is 1.37. The van der Waals surface area contributed by atoms with Gasteiger partial charge in [0.25, 0.3) is 0 Å². The molecule has 3 rings (SSSR count). The number of benzene rings is 1. The summed E-state index contributed by atoms with van der Waals surface area (Å²) in [5.41, 5.74) is 3.80. The highest BCUT2D eigenvalue weighted by atomic mass is 32.1. The van der Waals surface area contributed by atoms with Crippen LogP contribution in [0.25, 0.3) is 0 Å². The van der Waals surface area contributed by atoms with Crippen LogP contribution in [0.2, 0.25) is 0 Å². The fourth-order valence-corrected chi connectivity index (χ4v) is 4.28. The van der Waals surface area contributed by atoms with E-state index in [0.717, 1.165) is 41.1 Å². The van der Waals surface area contributed by atoms with E-state index < -0.39 is 0 Å². The van der Waals surface area contributed by atoms with Crippen molar-refractivity contribution >= 4 is 22.0 Å². The summed E-state index contributed by atoms with van der Waals surface area (Å²) < 4.78 is 10.6. The van der Waals surface area contributed by atoms with Gasteiger partial charge in [-0.05, 0) is 61.9 Å². The minimum atomic E-state index is 0.676. The predicted octanol–water partition coefficient (Wildman–Crippen LogP) is 4.66. The Balaban J connectivity index is 2.00. The lowest BCUT2D eigenvalue weighted by Crippen LogP contribution is -1.99. The van der Waals surface area contributed by atoms with Crippen molar-refractivity contribution in [2.75, 3.05) is 14.2 Å². The molecule has 5 heteroatoms. The Labute approximate surface area is 146 Å². The quantitative estimate of drug-likeness (QED) is 0.761. The maximum atomic E-state index is 9.55. The molecule has 0 atom stereocenters. The average Bonchev–Trinajstić information content (AvgIpc) is 2.97. The van der Waals surface area contributed by atoms with E-state index in [2.05, 4.69) is 6.07 Å². The topological polar surface area (TPSA) is 54.6 Å². The molecule has 0 saturated heterocycles. The number of hydrogen-bond donors (Lipinski definition) is 0. The Bertz CT molecular complexity index is 831. The Hall–Kier alpha value is -2.32. The fraction of sp³-hybridized carbons (Fsp3) is 0.368. The predicted molar refractivity (Wildman–Crippen MR) is 97.1 cm³/mol. The van der Waals surface area contributed by atoms with E-state index in [1.54, 1.807) is 25.6 Å². The average molecular weight is 340 g/mol. The van der Waals surface area contributed by atoms with Gasteiger partial charge in [0.15, 0.2) is 11.5 Å². The molecule has 1 heterocycles. The molecule has 2 aromatic rings. The number of aliphatic imine (C=N–C) groups is 1. The molecular weight excluding hydrogens is 320 g/mol. The monoisotopic (exact) mass is 340 g/mol. The largest absolute Gasteiger partial charge is 0.493 e. The number of rotatable bonds is 4. The van der Waals surface area contributed by atoms with Gasteiger partial charge in [0.1, 0.15) is 11.1 Å². The van der Waals surface area contributed by atoms with Crippen molar-refractivity contribution in [1.29, 1.82) is 5.26 Å². The molecule has 0 spiro atoms. The molecule has 0 unspecified atom stereocenters. The highest BCUT2D eigenvalue weighted by Crippen LogP contribution is 2.39. The number of hydrogen-bond acceptors (Lipinski definition) is 5. The number of nitrogens with zero attached hydrogens (tertiary/aromatic N) is 2. The van der Waals surface area contributed by atoms with Crippen molar-refractivity contribution < 1.29 is 9.47 Å². The number of thiophene rings is 1. The molecule has 0 radical (unpaired) electrons. The summed E-state index contributed by atoms with van der Waals surface area (Å²) in [4.78, 5) is 6.08. The molecule has 1 aromatic heterocycles. The van der Waals surface area contributed by atoms with Gasteiger partial charge in [0.05, 0.1) is 19.8 Å². The van der Waals surface area contributed by atoms with Crippen LogP contribution in [0.3, 0.4) is 0 Å². The molecule has 124 valence electrons. The summed E-state index contributed by atoms with van der Waals surface area (Å²) in [7, 11) is 3.24. The highest BCUT2D eigenvalue weighted by molar-refractivity contribution is 7.16. The zero-order valence-electron chi connectivity index (χ0n) is 14.2. The van der Waals surface area contributed by atoms with Crippen molar-refractivity contribution in [2.24, 2.45) is 4.99 Å². The van der Waals surface area contributed by atoms with Crippen LogP contribution >= 0.6 is 11.3 Å². The van der Waals surface area contributed by atoms with Gasteiger partial charge in [-0.2, -0.15) is 5.26 Å². The lowest BCUT2D eigenvalue weighted by molar-refractivity contribution is 0.355. The fourth-order valence-electron chi connectivity index (χ4n) is 3.02. The third kappa shape index (κ3) is 3.02. The first-order valence-corrected chi connectivity index (χ1v) is 8.82. The standard InChI is InChI=1S/C19H20N2O2S/c1-12(13-8-9-16(22-2)17(10-13)23-3)21-19-15(11-20)14-6-4-5-7-18(14)24-19/h8-10H,4-7H2,1-3H3. The third-order valence-electron chi connectivity index (χ3n) is 4.34. The molecule has 1 aliphatic carbocycles. The van der Waals surface area contributed by atoms with Crippen molar-refractivity contribution in [1.82, 2.24) is 0 Å². The summed E-state index contributed by atoms with van der Waals surface area (Å²) >= 11 is 1.66. The maximum absolute atomic E-state index is 9.55. The van der Waals surface area contributed by atoms with Gasteiger partial charge in [0, 0.05) is 10.6 Å². The van der Waals surface area contributed by atoms with Crippen LogP contribution < -0.4 is 9.47 Å². The number of aryl methyl sites for hydroxylation is 1. The van der Waals surface area contributed by atoms with Gasteiger partial charge < -0.3 is 9.47 Å². The van der Waals surface area contributed by atoms with Gasteiger partial charge in [-0.25, -0.2) is 4.99 Å². The first-order valence-electron chi connectivity index (χ1n) is 8.00. The van der Waals surface area contributed by atoms with Gasteiger partial charge >= 0.3 is 0 Å². The Morgan fingerprint density at radius 2 is 1.92 bits per heavy atom. The van der Waals surface area contributed by atoms with E-state index in [4.69, 9.17) is 14.5 Å². The van der Waals surface area contributed by atoms with Crippen molar-refractivity contribution in [3.63, 3.8) is 0 Å². The first kappa shape index (κ1) is 16.5. The van der Waals surface area contributed by atoms with Gasteiger partial charge in [0.2, 0.25) is 0 Å². The molecule has 4 nitrogen and oxygen atoms in total. The van der Waals surface area contributed by atoms with Gasteiger partial charge in [-0.3, -0.25) is 0 Å². The van der Waals surface area contributed by atoms with E-state index in [0.29, 0.717) is 11.5 Å².